The van der Waals surface area contributed by atoms with Crippen LogP contribution in [0, 0.1) is 5.82 Å². The number of methoxy groups -OCH3 is 1. The minimum absolute atomic E-state index is 0.0708. The predicted molar refractivity (Wildman–Crippen MR) is 132 cm³/mol. The highest BCUT2D eigenvalue weighted by molar-refractivity contribution is 5.94. The highest BCUT2D eigenvalue weighted by Crippen LogP contribution is 2.27. The fourth-order valence-corrected chi connectivity index (χ4v) is 4.69. The van der Waals surface area contributed by atoms with Crippen molar-refractivity contribution in [1.29, 1.82) is 0 Å². The van der Waals surface area contributed by atoms with Gasteiger partial charge in [-0.25, -0.2) is 4.39 Å². The van der Waals surface area contributed by atoms with Crippen LogP contribution in [-0.2, 0) is 4.74 Å². The number of piperazine rings is 1. The third-order valence-corrected chi connectivity index (χ3v) is 6.61. The fourth-order valence-electron chi connectivity index (χ4n) is 4.69. The van der Waals surface area contributed by atoms with Crippen LogP contribution < -0.4 is 9.64 Å². The molecule has 6 nitrogen and oxygen atoms in total. The highest BCUT2D eigenvalue weighted by Gasteiger charge is 2.26. The average Bonchev–Trinajstić information content (AvgIpc) is 3.42. The van der Waals surface area contributed by atoms with Gasteiger partial charge in [0.05, 0.1) is 19.8 Å². The third-order valence-electron chi connectivity index (χ3n) is 6.61. The van der Waals surface area contributed by atoms with Crippen molar-refractivity contribution in [3.8, 4) is 5.75 Å². The topological polar surface area (TPSA) is 45.3 Å². The lowest BCUT2D eigenvalue weighted by atomic mass is 10.1. The maximum atomic E-state index is 14.0. The fraction of sp³-hybridized carbons (Fsp3) is 0.444. The molecule has 34 heavy (non-hydrogen) atoms. The summed E-state index contributed by atoms with van der Waals surface area (Å²) in [6, 6.07) is 13.0. The predicted octanol–water partition coefficient (Wildman–Crippen LogP) is 4.14. The second-order valence-electron chi connectivity index (χ2n) is 8.84. The number of hydrogen-bond acceptors (Lipinski definition) is 5. The summed E-state index contributed by atoms with van der Waals surface area (Å²) in [7, 11) is 1.41. The van der Waals surface area contributed by atoms with Crippen LogP contribution in [0.1, 0.15) is 34.9 Å². The molecule has 2 aliphatic rings. The number of anilines is 1. The zero-order valence-corrected chi connectivity index (χ0v) is 19.9. The zero-order chi connectivity index (χ0) is 23.9. The van der Waals surface area contributed by atoms with Gasteiger partial charge in [0, 0.05) is 57.1 Å². The Bertz CT molecular complexity index is 985. The van der Waals surface area contributed by atoms with Crippen molar-refractivity contribution in [3.63, 3.8) is 0 Å². The van der Waals surface area contributed by atoms with Crippen LogP contribution in [0.4, 0.5) is 10.1 Å². The van der Waals surface area contributed by atoms with Crippen LogP contribution in [0.25, 0.3) is 0 Å². The minimum atomic E-state index is -0.523. The Hall–Kier alpha value is -2.90. The second kappa shape index (κ2) is 11.5. The molecule has 2 aromatic carbocycles. The summed E-state index contributed by atoms with van der Waals surface area (Å²) in [6.07, 6.45) is 4.19. The smallest absolute Gasteiger partial charge is 0.254 e. The van der Waals surface area contributed by atoms with Gasteiger partial charge in [0.2, 0.25) is 0 Å². The van der Waals surface area contributed by atoms with Gasteiger partial charge in [-0.1, -0.05) is 18.2 Å². The van der Waals surface area contributed by atoms with E-state index in [1.54, 1.807) is 17.0 Å². The SMILES string of the molecule is C=CCO[C@H](CN1CCN(C(=O)c2ccc(OC)c(F)c2)CC1)c1cccc(N2CCCC2)c1. The largest absolute Gasteiger partial charge is 0.494 e. The van der Waals surface area contributed by atoms with Crippen LogP contribution in [0.5, 0.6) is 5.75 Å². The number of nitrogens with zero attached hydrogens (tertiary/aromatic N) is 3. The average molecular weight is 468 g/mol. The molecule has 2 aliphatic heterocycles. The number of carbonyl (C=O) groups is 1. The molecular weight excluding hydrogens is 433 g/mol. The van der Waals surface area contributed by atoms with E-state index in [1.807, 2.05) is 0 Å². The van der Waals surface area contributed by atoms with Crippen molar-refractivity contribution in [2.45, 2.75) is 18.9 Å². The molecule has 0 spiro atoms. The van der Waals surface area contributed by atoms with Crippen LogP contribution in [0.15, 0.2) is 55.1 Å². The minimum Gasteiger partial charge on any atom is -0.494 e. The van der Waals surface area contributed by atoms with Crippen LogP contribution in [0.3, 0.4) is 0 Å². The van der Waals surface area contributed by atoms with Gasteiger partial charge < -0.3 is 19.3 Å². The van der Waals surface area contributed by atoms with Gasteiger partial charge in [-0.15, -0.1) is 6.58 Å². The van der Waals surface area contributed by atoms with E-state index in [4.69, 9.17) is 9.47 Å². The van der Waals surface area contributed by atoms with Gasteiger partial charge in [0.1, 0.15) is 0 Å². The third kappa shape index (κ3) is 5.77. The molecule has 0 N–H and O–H groups in total. The molecule has 0 unspecified atom stereocenters. The number of ether oxygens (including phenoxy) is 2. The standard InChI is InChI=1S/C27H34FN3O3/c1-3-17-34-26(21-7-6-8-23(18-21)30-11-4-5-12-30)20-29-13-15-31(16-14-29)27(32)22-9-10-25(33-2)24(28)19-22/h3,6-10,18-19,26H,1,4-5,11-17,20H2,2H3/t26-/m1/s1. The van der Waals surface area contributed by atoms with Crippen molar-refractivity contribution in [3.05, 3.63) is 72.1 Å². The molecule has 2 aromatic rings. The summed E-state index contributed by atoms with van der Waals surface area (Å²) in [5.41, 5.74) is 2.76. The molecule has 1 atom stereocenters. The Balaban J connectivity index is 1.37. The van der Waals surface area contributed by atoms with E-state index in [-0.39, 0.29) is 17.8 Å². The summed E-state index contributed by atoms with van der Waals surface area (Å²) in [5.74, 6) is -0.537. The first-order valence-electron chi connectivity index (χ1n) is 12.0. The Morgan fingerprint density at radius 3 is 2.53 bits per heavy atom. The van der Waals surface area contributed by atoms with Crippen LogP contribution in [0.2, 0.25) is 0 Å². The van der Waals surface area contributed by atoms with Gasteiger partial charge in [-0.3, -0.25) is 9.69 Å². The summed E-state index contributed by atoms with van der Waals surface area (Å²) < 4.78 is 25.2. The Labute approximate surface area is 201 Å². The number of amides is 1. The second-order valence-corrected chi connectivity index (χ2v) is 8.84. The zero-order valence-electron chi connectivity index (χ0n) is 19.9. The van der Waals surface area contributed by atoms with E-state index in [1.165, 1.54) is 43.3 Å². The van der Waals surface area contributed by atoms with E-state index >= 15 is 0 Å². The lowest BCUT2D eigenvalue weighted by Gasteiger charge is -2.36. The number of benzene rings is 2. The van der Waals surface area contributed by atoms with Crippen molar-refractivity contribution in [2.75, 3.05) is 64.4 Å². The summed E-state index contributed by atoms with van der Waals surface area (Å²) in [6.45, 7) is 9.91. The van der Waals surface area contributed by atoms with Gasteiger partial charge in [-0.2, -0.15) is 0 Å². The molecule has 0 saturated carbocycles. The van der Waals surface area contributed by atoms with E-state index in [0.29, 0.717) is 25.3 Å². The first kappa shape index (κ1) is 24.2. The first-order valence-corrected chi connectivity index (χ1v) is 12.0. The number of rotatable bonds is 9. The normalized spacial score (nSPS) is 17.6. The molecule has 0 aliphatic carbocycles. The summed E-state index contributed by atoms with van der Waals surface area (Å²) in [5, 5.41) is 0. The molecule has 2 saturated heterocycles. The first-order chi connectivity index (χ1) is 16.6. The van der Waals surface area contributed by atoms with Crippen molar-refractivity contribution < 1.29 is 18.7 Å². The quantitative estimate of drug-likeness (QED) is 0.519. The summed E-state index contributed by atoms with van der Waals surface area (Å²) in [4.78, 5) is 19.4. The lowest BCUT2D eigenvalue weighted by Crippen LogP contribution is -2.49. The van der Waals surface area contributed by atoms with Gasteiger partial charge in [0.15, 0.2) is 11.6 Å². The monoisotopic (exact) mass is 467 g/mol. The van der Waals surface area contributed by atoms with Crippen LogP contribution >= 0.6 is 0 Å². The lowest BCUT2D eigenvalue weighted by molar-refractivity contribution is 0.0245. The molecule has 0 aromatic heterocycles. The van der Waals surface area contributed by atoms with Gasteiger partial charge in [0.25, 0.3) is 5.91 Å². The maximum absolute atomic E-state index is 14.0. The van der Waals surface area contributed by atoms with Gasteiger partial charge in [-0.05, 0) is 48.7 Å². The molecule has 0 bridgehead atoms. The highest BCUT2D eigenvalue weighted by atomic mass is 19.1. The molecule has 7 heteroatoms. The Morgan fingerprint density at radius 1 is 1.09 bits per heavy atom. The molecule has 182 valence electrons. The Morgan fingerprint density at radius 2 is 1.85 bits per heavy atom. The van der Waals surface area contributed by atoms with E-state index in [0.717, 1.165) is 32.7 Å². The van der Waals surface area contributed by atoms with E-state index in [2.05, 4.69) is 40.6 Å². The molecule has 2 fully saturated rings. The van der Waals surface area contributed by atoms with E-state index < -0.39 is 5.82 Å². The van der Waals surface area contributed by atoms with Crippen molar-refractivity contribution >= 4 is 11.6 Å². The number of hydrogen-bond donors (Lipinski definition) is 0. The van der Waals surface area contributed by atoms with E-state index in [9.17, 15) is 9.18 Å². The molecule has 0 radical (unpaired) electrons. The molecule has 2 heterocycles. The van der Waals surface area contributed by atoms with Crippen LogP contribution in [-0.4, -0.2) is 75.2 Å². The maximum Gasteiger partial charge on any atom is 0.254 e. The summed E-state index contributed by atoms with van der Waals surface area (Å²) >= 11 is 0. The molecule has 1 amide bonds. The molecular formula is C27H34FN3O3. The molecule has 4 rings (SSSR count). The number of halogens is 1. The Kier molecular flexibility index (Phi) is 8.19. The van der Waals surface area contributed by atoms with Gasteiger partial charge >= 0.3 is 0 Å². The number of carbonyl (C=O) groups excluding carboxylic acids is 1. The van der Waals surface area contributed by atoms with Crippen molar-refractivity contribution in [2.24, 2.45) is 0 Å². The van der Waals surface area contributed by atoms with Crippen molar-refractivity contribution in [1.82, 2.24) is 9.80 Å².